The number of hydrogen-bond donors (Lipinski definition) is 2. The third-order valence-electron chi connectivity index (χ3n) is 2.63. The van der Waals surface area contributed by atoms with Gasteiger partial charge in [0.05, 0.1) is 23.8 Å². The molecule has 1 heterocycles. The second-order valence-electron chi connectivity index (χ2n) is 5.75. The molecule has 0 atom stereocenters. The van der Waals surface area contributed by atoms with Gasteiger partial charge in [0.2, 0.25) is 0 Å². The molecule has 0 fully saturated rings. The molecule has 0 spiro atoms. The number of hydrogen-bond acceptors (Lipinski definition) is 4. The lowest BCUT2D eigenvalue weighted by atomic mass is 9.93. The summed E-state index contributed by atoms with van der Waals surface area (Å²) in [6.45, 7) is 9.52. The summed E-state index contributed by atoms with van der Waals surface area (Å²) >= 11 is 0. The Morgan fingerprint density at radius 2 is 1.78 bits per heavy atom. The summed E-state index contributed by atoms with van der Waals surface area (Å²) in [7, 11) is 4.21. The first-order valence-corrected chi connectivity index (χ1v) is 6.50. The molecule has 0 aliphatic rings. The molecule has 18 heavy (non-hydrogen) atoms. The predicted molar refractivity (Wildman–Crippen MR) is 79.2 cm³/mol. The zero-order chi connectivity index (χ0) is 13.6. The average molecular weight is 250 g/mol. The van der Waals surface area contributed by atoms with Crippen LogP contribution in [-0.2, 0) is 0 Å². The molecule has 0 saturated heterocycles. The van der Waals surface area contributed by atoms with Crippen molar-refractivity contribution in [3.05, 3.63) is 18.5 Å². The summed E-state index contributed by atoms with van der Waals surface area (Å²) < 4.78 is 0. The zero-order valence-corrected chi connectivity index (χ0v) is 12.2. The van der Waals surface area contributed by atoms with Crippen LogP contribution in [0.5, 0.6) is 0 Å². The minimum Gasteiger partial charge on any atom is -0.384 e. The standard InChI is InChI=1S/C14H26N4/c1-6-16-12-7-13(9-15-8-12)17-10-14(2,3)11-18(4)5/h7-9,16-17H,6,10-11H2,1-5H3. The Bertz CT molecular complexity index is 361. The van der Waals surface area contributed by atoms with E-state index in [1.54, 1.807) is 0 Å². The second-order valence-corrected chi connectivity index (χ2v) is 5.75. The molecule has 0 aliphatic carbocycles. The highest BCUT2D eigenvalue weighted by Gasteiger charge is 2.18. The van der Waals surface area contributed by atoms with E-state index in [1.807, 2.05) is 12.4 Å². The maximum absolute atomic E-state index is 4.23. The van der Waals surface area contributed by atoms with Crippen molar-refractivity contribution in [1.29, 1.82) is 0 Å². The highest BCUT2D eigenvalue weighted by Crippen LogP contribution is 2.19. The number of aromatic nitrogens is 1. The van der Waals surface area contributed by atoms with E-state index >= 15 is 0 Å². The van der Waals surface area contributed by atoms with E-state index in [-0.39, 0.29) is 5.41 Å². The molecular formula is C14H26N4. The Morgan fingerprint density at radius 1 is 1.17 bits per heavy atom. The first-order valence-electron chi connectivity index (χ1n) is 6.50. The molecule has 0 unspecified atom stereocenters. The summed E-state index contributed by atoms with van der Waals surface area (Å²) in [4.78, 5) is 6.45. The molecule has 1 aromatic heterocycles. The van der Waals surface area contributed by atoms with Crippen molar-refractivity contribution in [1.82, 2.24) is 9.88 Å². The maximum atomic E-state index is 4.23. The largest absolute Gasteiger partial charge is 0.384 e. The highest BCUT2D eigenvalue weighted by atomic mass is 15.1. The van der Waals surface area contributed by atoms with Crippen LogP contribution in [-0.4, -0.2) is 43.6 Å². The van der Waals surface area contributed by atoms with Gasteiger partial charge in [-0.2, -0.15) is 0 Å². The summed E-state index contributed by atoms with van der Waals surface area (Å²) in [5.41, 5.74) is 2.37. The van der Waals surface area contributed by atoms with Crippen molar-refractivity contribution >= 4 is 11.4 Å². The lowest BCUT2D eigenvalue weighted by molar-refractivity contribution is 0.254. The molecule has 0 aliphatic heterocycles. The molecule has 0 saturated carbocycles. The number of anilines is 2. The van der Waals surface area contributed by atoms with Gasteiger partial charge in [0.15, 0.2) is 0 Å². The van der Waals surface area contributed by atoms with Crippen molar-refractivity contribution in [3.63, 3.8) is 0 Å². The van der Waals surface area contributed by atoms with Gasteiger partial charge >= 0.3 is 0 Å². The molecule has 0 aromatic carbocycles. The van der Waals surface area contributed by atoms with Crippen molar-refractivity contribution in [2.24, 2.45) is 5.41 Å². The van der Waals surface area contributed by atoms with Crippen LogP contribution in [0.2, 0.25) is 0 Å². The van der Waals surface area contributed by atoms with Crippen LogP contribution >= 0.6 is 0 Å². The van der Waals surface area contributed by atoms with Gasteiger partial charge in [-0.25, -0.2) is 0 Å². The molecule has 1 rings (SSSR count). The van der Waals surface area contributed by atoms with E-state index in [2.05, 4.69) is 61.5 Å². The SMILES string of the molecule is CCNc1cncc(NCC(C)(C)CN(C)C)c1. The molecule has 1 aromatic rings. The highest BCUT2D eigenvalue weighted by molar-refractivity contribution is 5.53. The third-order valence-corrected chi connectivity index (χ3v) is 2.63. The maximum Gasteiger partial charge on any atom is 0.0547 e. The number of pyridine rings is 1. The summed E-state index contributed by atoms with van der Waals surface area (Å²) in [5.74, 6) is 0. The van der Waals surface area contributed by atoms with E-state index in [0.717, 1.165) is 31.0 Å². The van der Waals surface area contributed by atoms with Gasteiger partial charge in [0, 0.05) is 19.6 Å². The van der Waals surface area contributed by atoms with Gasteiger partial charge in [-0.1, -0.05) is 13.8 Å². The van der Waals surface area contributed by atoms with Crippen LogP contribution in [0.3, 0.4) is 0 Å². The Labute approximate surface area is 111 Å². The first-order chi connectivity index (χ1) is 8.43. The van der Waals surface area contributed by atoms with Crippen molar-refractivity contribution in [2.45, 2.75) is 20.8 Å². The lowest BCUT2D eigenvalue weighted by Gasteiger charge is -2.28. The fraction of sp³-hybridized carbons (Fsp3) is 0.643. The lowest BCUT2D eigenvalue weighted by Crippen LogP contribution is -2.34. The molecule has 0 radical (unpaired) electrons. The first kappa shape index (κ1) is 14.8. The van der Waals surface area contributed by atoms with Crippen LogP contribution in [0.25, 0.3) is 0 Å². The molecule has 0 amide bonds. The summed E-state index contributed by atoms with van der Waals surface area (Å²) in [5, 5.41) is 6.73. The second kappa shape index (κ2) is 6.59. The van der Waals surface area contributed by atoms with Crippen LogP contribution in [0.1, 0.15) is 20.8 Å². The smallest absolute Gasteiger partial charge is 0.0547 e. The van der Waals surface area contributed by atoms with Crippen molar-refractivity contribution in [3.8, 4) is 0 Å². The topological polar surface area (TPSA) is 40.2 Å². The average Bonchev–Trinajstić information content (AvgIpc) is 2.26. The van der Waals surface area contributed by atoms with E-state index in [4.69, 9.17) is 0 Å². The van der Waals surface area contributed by atoms with Crippen LogP contribution < -0.4 is 10.6 Å². The monoisotopic (exact) mass is 250 g/mol. The summed E-state index contributed by atoms with van der Waals surface area (Å²) in [6.07, 6.45) is 3.71. The molecular weight excluding hydrogens is 224 g/mol. The van der Waals surface area contributed by atoms with Gasteiger partial charge < -0.3 is 15.5 Å². The normalized spacial score (nSPS) is 11.7. The van der Waals surface area contributed by atoms with Gasteiger partial charge in [-0.15, -0.1) is 0 Å². The molecule has 102 valence electrons. The molecule has 2 N–H and O–H groups in total. The van der Waals surface area contributed by atoms with Crippen molar-refractivity contribution in [2.75, 3.05) is 44.4 Å². The number of rotatable bonds is 7. The van der Waals surface area contributed by atoms with Crippen LogP contribution in [0.4, 0.5) is 11.4 Å². The fourth-order valence-corrected chi connectivity index (χ4v) is 2.09. The Balaban J connectivity index is 2.54. The van der Waals surface area contributed by atoms with E-state index in [9.17, 15) is 0 Å². The molecule has 4 heteroatoms. The molecule has 0 bridgehead atoms. The van der Waals surface area contributed by atoms with Gasteiger partial charge in [-0.3, -0.25) is 4.98 Å². The van der Waals surface area contributed by atoms with Crippen molar-refractivity contribution < 1.29 is 0 Å². The Morgan fingerprint density at radius 3 is 2.33 bits per heavy atom. The molecule has 4 nitrogen and oxygen atoms in total. The van der Waals surface area contributed by atoms with Gasteiger partial charge in [0.1, 0.15) is 0 Å². The quantitative estimate of drug-likeness (QED) is 0.780. The van der Waals surface area contributed by atoms with Crippen LogP contribution in [0, 0.1) is 5.41 Å². The third kappa shape index (κ3) is 5.36. The number of nitrogens with one attached hydrogen (secondary N) is 2. The van der Waals surface area contributed by atoms with Crippen LogP contribution in [0.15, 0.2) is 18.5 Å². The zero-order valence-electron chi connectivity index (χ0n) is 12.2. The summed E-state index contributed by atoms with van der Waals surface area (Å²) in [6, 6.07) is 2.10. The van der Waals surface area contributed by atoms with Gasteiger partial charge in [0.25, 0.3) is 0 Å². The van der Waals surface area contributed by atoms with E-state index < -0.39 is 0 Å². The number of nitrogens with zero attached hydrogens (tertiary/aromatic N) is 2. The predicted octanol–water partition coefficient (Wildman–Crippen LogP) is 2.51. The fourth-order valence-electron chi connectivity index (χ4n) is 2.09. The minimum absolute atomic E-state index is 0.234. The Kier molecular flexibility index (Phi) is 5.41. The van der Waals surface area contributed by atoms with E-state index in [0.29, 0.717) is 0 Å². The minimum atomic E-state index is 0.234. The van der Waals surface area contributed by atoms with E-state index in [1.165, 1.54) is 0 Å². The van der Waals surface area contributed by atoms with Gasteiger partial charge in [-0.05, 0) is 32.5 Å². The Hall–Kier alpha value is -1.29.